The van der Waals surface area contributed by atoms with Gasteiger partial charge in [-0.05, 0) is 12.1 Å². The van der Waals surface area contributed by atoms with Crippen molar-refractivity contribution in [1.82, 2.24) is 4.98 Å². The minimum atomic E-state index is 0.778. The predicted octanol–water partition coefficient (Wildman–Crippen LogP) is 1.09. The van der Waals surface area contributed by atoms with E-state index in [2.05, 4.69) is 10.1 Å². The zero-order valence-corrected chi connectivity index (χ0v) is 5.31. The molecule has 1 heterocycles. The van der Waals surface area contributed by atoms with Gasteiger partial charge >= 0.3 is 0 Å². The van der Waals surface area contributed by atoms with Gasteiger partial charge in [0.25, 0.3) is 0 Å². The standard InChI is InChI=1S/C7H7N2O/c10-9-6-4-7-3-1-2-5-8-7/h1-6,10H. The van der Waals surface area contributed by atoms with Gasteiger partial charge in [0.2, 0.25) is 0 Å². The minimum absolute atomic E-state index is 0.778. The molecule has 0 aliphatic heterocycles. The quantitative estimate of drug-likeness (QED) is 0.375. The highest BCUT2D eigenvalue weighted by molar-refractivity contribution is 5.71. The Labute approximate surface area is 59.0 Å². The number of nitrogens with zero attached hydrogens (tertiary/aromatic N) is 2. The van der Waals surface area contributed by atoms with Crippen LogP contribution in [0, 0.1) is 6.42 Å². The fourth-order valence-corrected chi connectivity index (χ4v) is 0.584. The topological polar surface area (TPSA) is 45.5 Å². The number of aromatic nitrogens is 1. The first-order valence-electron chi connectivity index (χ1n) is 2.85. The highest BCUT2D eigenvalue weighted by Gasteiger charge is 1.87. The van der Waals surface area contributed by atoms with Crippen molar-refractivity contribution in [2.75, 3.05) is 0 Å². The molecule has 0 saturated carbocycles. The monoisotopic (exact) mass is 135 g/mol. The molecular weight excluding hydrogens is 128 g/mol. The molecule has 0 unspecified atom stereocenters. The van der Waals surface area contributed by atoms with Crippen LogP contribution >= 0.6 is 0 Å². The number of hydrogen-bond donors (Lipinski definition) is 1. The molecule has 3 nitrogen and oxygen atoms in total. The number of rotatable bonds is 2. The smallest absolute Gasteiger partial charge is 0.0537 e. The summed E-state index contributed by atoms with van der Waals surface area (Å²) in [6.45, 7) is 0. The van der Waals surface area contributed by atoms with Gasteiger partial charge in [0.1, 0.15) is 0 Å². The lowest BCUT2D eigenvalue weighted by atomic mass is 10.3. The van der Waals surface area contributed by atoms with Crippen LogP contribution in [-0.2, 0) is 0 Å². The second kappa shape index (κ2) is 3.61. The molecule has 1 aromatic heterocycles. The van der Waals surface area contributed by atoms with E-state index in [0.29, 0.717) is 0 Å². The maximum absolute atomic E-state index is 8.04. The van der Waals surface area contributed by atoms with Crippen molar-refractivity contribution in [3.8, 4) is 0 Å². The molecule has 0 saturated heterocycles. The third kappa shape index (κ3) is 1.85. The number of hydrogen-bond acceptors (Lipinski definition) is 3. The Bertz CT molecular complexity index is 208. The average molecular weight is 135 g/mol. The Kier molecular flexibility index (Phi) is 2.43. The molecule has 1 radical (unpaired) electrons. The Hall–Kier alpha value is -1.38. The number of pyridine rings is 1. The maximum Gasteiger partial charge on any atom is 0.0537 e. The van der Waals surface area contributed by atoms with Crippen LogP contribution in [0.3, 0.4) is 0 Å². The van der Waals surface area contributed by atoms with E-state index in [1.54, 1.807) is 12.6 Å². The van der Waals surface area contributed by atoms with Crippen LogP contribution in [0.5, 0.6) is 0 Å². The van der Waals surface area contributed by atoms with E-state index in [1.807, 2.05) is 18.2 Å². The molecule has 0 bridgehead atoms. The first kappa shape index (κ1) is 6.74. The Morgan fingerprint density at radius 3 is 3.00 bits per heavy atom. The summed E-state index contributed by atoms with van der Waals surface area (Å²) in [5, 5.41) is 10.8. The Balaban J connectivity index is 2.59. The van der Waals surface area contributed by atoms with Gasteiger partial charge < -0.3 is 5.21 Å². The lowest BCUT2D eigenvalue weighted by Crippen LogP contribution is -1.85. The van der Waals surface area contributed by atoms with Gasteiger partial charge in [-0.25, -0.2) is 0 Å². The van der Waals surface area contributed by atoms with Crippen molar-refractivity contribution in [1.29, 1.82) is 0 Å². The molecule has 0 aliphatic rings. The van der Waals surface area contributed by atoms with Crippen molar-refractivity contribution < 1.29 is 5.21 Å². The molecule has 0 aliphatic carbocycles. The van der Waals surface area contributed by atoms with Crippen LogP contribution in [0.2, 0.25) is 0 Å². The van der Waals surface area contributed by atoms with Crippen LogP contribution in [0.25, 0.3) is 0 Å². The van der Waals surface area contributed by atoms with E-state index in [-0.39, 0.29) is 0 Å². The van der Waals surface area contributed by atoms with Crippen molar-refractivity contribution >= 4 is 6.21 Å². The molecule has 0 atom stereocenters. The first-order chi connectivity index (χ1) is 4.93. The van der Waals surface area contributed by atoms with Gasteiger partial charge in [-0.3, -0.25) is 4.98 Å². The SMILES string of the molecule is ON=C[CH]c1ccccn1. The van der Waals surface area contributed by atoms with E-state index in [0.717, 1.165) is 5.69 Å². The summed E-state index contributed by atoms with van der Waals surface area (Å²) in [4.78, 5) is 3.96. The van der Waals surface area contributed by atoms with E-state index in [4.69, 9.17) is 5.21 Å². The van der Waals surface area contributed by atoms with Crippen LogP contribution in [0.1, 0.15) is 5.69 Å². The van der Waals surface area contributed by atoms with Gasteiger partial charge in [-0.1, -0.05) is 6.07 Å². The second-order valence-electron chi connectivity index (χ2n) is 1.69. The fraction of sp³-hybridized carbons (Fsp3) is 0. The Morgan fingerprint density at radius 2 is 2.40 bits per heavy atom. The van der Waals surface area contributed by atoms with E-state index >= 15 is 0 Å². The Morgan fingerprint density at radius 1 is 1.50 bits per heavy atom. The van der Waals surface area contributed by atoms with Crippen LogP contribution in [0.4, 0.5) is 0 Å². The summed E-state index contributed by atoms with van der Waals surface area (Å²) in [6.07, 6.45) is 4.57. The van der Waals surface area contributed by atoms with E-state index < -0.39 is 0 Å². The summed E-state index contributed by atoms with van der Waals surface area (Å²) in [5.41, 5.74) is 0.778. The third-order valence-corrected chi connectivity index (χ3v) is 1.000. The van der Waals surface area contributed by atoms with Gasteiger partial charge in [0.05, 0.1) is 12.6 Å². The molecule has 1 aromatic rings. The van der Waals surface area contributed by atoms with Crippen molar-refractivity contribution in [3.63, 3.8) is 0 Å². The van der Waals surface area contributed by atoms with Crippen LogP contribution < -0.4 is 0 Å². The molecule has 3 heteroatoms. The second-order valence-corrected chi connectivity index (χ2v) is 1.69. The molecule has 1 N–H and O–H groups in total. The summed E-state index contributed by atoms with van der Waals surface area (Å²) in [7, 11) is 0. The lowest BCUT2D eigenvalue weighted by molar-refractivity contribution is 0.321. The van der Waals surface area contributed by atoms with Gasteiger partial charge in [-0.15, -0.1) is 5.16 Å². The minimum Gasteiger partial charge on any atom is -0.411 e. The van der Waals surface area contributed by atoms with Crippen molar-refractivity contribution in [2.45, 2.75) is 0 Å². The highest BCUT2D eigenvalue weighted by Crippen LogP contribution is 1.93. The molecule has 0 aromatic carbocycles. The maximum atomic E-state index is 8.04. The van der Waals surface area contributed by atoms with Crippen molar-refractivity contribution in [3.05, 3.63) is 36.5 Å². The van der Waals surface area contributed by atoms with Gasteiger partial charge in [0, 0.05) is 11.9 Å². The molecule has 0 amide bonds. The van der Waals surface area contributed by atoms with Gasteiger partial charge in [-0.2, -0.15) is 0 Å². The molecular formula is C7H7N2O. The first-order valence-corrected chi connectivity index (χ1v) is 2.85. The average Bonchev–Trinajstić information content (AvgIpc) is 2.03. The zero-order chi connectivity index (χ0) is 7.23. The van der Waals surface area contributed by atoms with Crippen LogP contribution in [0.15, 0.2) is 29.6 Å². The summed E-state index contributed by atoms with van der Waals surface area (Å²) in [6, 6.07) is 5.51. The molecule has 51 valence electrons. The molecule has 0 spiro atoms. The molecule has 1 rings (SSSR count). The van der Waals surface area contributed by atoms with Gasteiger partial charge in [0.15, 0.2) is 0 Å². The molecule has 10 heavy (non-hydrogen) atoms. The van der Waals surface area contributed by atoms with E-state index in [9.17, 15) is 0 Å². The third-order valence-electron chi connectivity index (χ3n) is 1.000. The lowest BCUT2D eigenvalue weighted by Gasteiger charge is -1.89. The van der Waals surface area contributed by atoms with Crippen molar-refractivity contribution in [2.24, 2.45) is 5.16 Å². The highest BCUT2D eigenvalue weighted by atomic mass is 16.4. The summed E-state index contributed by atoms with van der Waals surface area (Å²) >= 11 is 0. The fourth-order valence-electron chi connectivity index (χ4n) is 0.584. The molecule has 0 fully saturated rings. The van der Waals surface area contributed by atoms with Crippen LogP contribution in [-0.4, -0.2) is 16.4 Å². The number of oxime groups is 1. The zero-order valence-electron chi connectivity index (χ0n) is 5.31. The summed E-state index contributed by atoms with van der Waals surface area (Å²) in [5.74, 6) is 0. The van der Waals surface area contributed by atoms with E-state index in [1.165, 1.54) is 6.21 Å². The summed E-state index contributed by atoms with van der Waals surface area (Å²) < 4.78 is 0. The normalized spacial score (nSPS) is 10.4. The largest absolute Gasteiger partial charge is 0.411 e. The predicted molar refractivity (Wildman–Crippen MR) is 37.9 cm³/mol.